The normalized spacial score (nSPS) is 10.7. The highest BCUT2D eigenvalue weighted by molar-refractivity contribution is 7.99. The van der Waals surface area contributed by atoms with E-state index in [-0.39, 0.29) is 0 Å². The second-order valence-electron chi connectivity index (χ2n) is 4.15. The molecule has 0 saturated heterocycles. The van der Waals surface area contributed by atoms with E-state index in [1.165, 1.54) is 0 Å². The minimum absolute atomic E-state index is 0.703. The molecule has 2 aromatic rings. The number of rotatable bonds is 9. The van der Waals surface area contributed by atoms with Gasteiger partial charge in [0.25, 0.3) is 0 Å². The molecule has 0 bridgehead atoms. The van der Waals surface area contributed by atoms with Gasteiger partial charge in [-0.3, -0.25) is 0 Å². The summed E-state index contributed by atoms with van der Waals surface area (Å²) in [4.78, 5) is 0. The molecule has 1 N–H and O–H groups in total. The van der Waals surface area contributed by atoms with Crippen LogP contribution < -0.4 is 10.1 Å². The molecule has 1 heterocycles. The molecule has 108 valence electrons. The third-order valence-electron chi connectivity index (χ3n) is 2.60. The Bertz CT molecular complexity index is 491. The van der Waals surface area contributed by atoms with Gasteiger partial charge in [0.1, 0.15) is 5.75 Å². The number of hydrogen-bond donors (Lipinski definition) is 1. The molecule has 2 rings (SSSR count). The Labute approximate surface area is 122 Å². The predicted molar refractivity (Wildman–Crippen MR) is 79.0 cm³/mol. The van der Waals surface area contributed by atoms with E-state index in [0.717, 1.165) is 36.2 Å². The summed E-state index contributed by atoms with van der Waals surface area (Å²) in [6.45, 7) is 2.34. The monoisotopic (exact) mass is 293 g/mol. The highest BCUT2D eigenvalue weighted by Crippen LogP contribution is 2.15. The van der Waals surface area contributed by atoms with Crippen molar-refractivity contribution in [1.82, 2.24) is 25.5 Å². The maximum absolute atomic E-state index is 5.64. The van der Waals surface area contributed by atoms with Crippen molar-refractivity contribution >= 4 is 11.8 Å². The smallest absolute Gasteiger partial charge is 0.209 e. The topological polar surface area (TPSA) is 64.9 Å². The third-order valence-corrected chi connectivity index (χ3v) is 3.65. The van der Waals surface area contributed by atoms with E-state index >= 15 is 0 Å². The van der Waals surface area contributed by atoms with Crippen LogP contribution in [-0.4, -0.2) is 46.2 Å². The molecule has 1 aromatic carbocycles. The number of aromatic nitrogens is 4. The van der Waals surface area contributed by atoms with Crippen LogP contribution in [0.25, 0.3) is 0 Å². The summed E-state index contributed by atoms with van der Waals surface area (Å²) in [7, 11) is 1.91. The highest BCUT2D eigenvalue weighted by atomic mass is 32.2. The Morgan fingerprint density at radius 3 is 2.95 bits per heavy atom. The first kappa shape index (κ1) is 14.8. The van der Waals surface area contributed by atoms with E-state index in [1.54, 1.807) is 11.8 Å². The average Bonchev–Trinajstić information content (AvgIpc) is 2.93. The van der Waals surface area contributed by atoms with Crippen LogP contribution in [0, 0.1) is 0 Å². The van der Waals surface area contributed by atoms with Crippen LogP contribution in [0.4, 0.5) is 0 Å². The summed E-state index contributed by atoms with van der Waals surface area (Å²) >= 11 is 1.66. The summed E-state index contributed by atoms with van der Waals surface area (Å²) in [6, 6.07) is 9.85. The van der Waals surface area contributed by atoms with Gasteiger partial charge in [-0.15, -0.1) is 5.10 Å². The quantitative estimate of drug-likeness (QED) is 0.558. The SMILES string of the molecule is CNCCn1nnnc1SCCCOc1ccccc1. The minimum atomic E-state index is 0.703. The fourth-order valence-electron chi connectivity index (χ4n) is 1.59. The van der Waals surface area contributed by atoms with Crippen LogP contribution in [0.2, 0.25) is 0 Å². The number of benzene rings is 1. The van der Waals surface area contributed by atoms with Gasteiger partial charge < -0.3 is 10.1 Å². The molecule has 0 saturated carbocycles. The van der Waals surface area contributed by atoms with E-state index in [1.807, 2.05) is 42.1 Å². The van der Waals surface area contributed by atoms with Gasteiger partial charge in [-0.1, -0.05) is 30.0 Å². The summed E-state index contributed by atoms with van der Waals surface area (Å²) < 4.78 is 7.46. The van der Waals surface area contributed by atoms with Gasteiger partial charge in [0, 0.05) is 12.3 Å². The van der Waals surface area contributed by atoms with E-state index in [0.29, 0.717) is 6.61 Å². The number of ether oxygens (including phenoxy) is 1. The van der Waals surface area contributed by atoms with Gasteiger partial charge in [-0.05, 0) is 36.0 Å². The van der Waals surface area contributed by atoms with Gasteiger partial charge in [-0.2, -0.15) is 0 Å². The fourth-order valence-corrected chi connectivity index (χ4v) is 2.40. The maximum atomic E-state index is 5.64. The zero-order chi connectivity index (χ0) is 14.0. The van der Waals surface area contributed by atoms with Gasteiger partial charge in [0.05, 0.1) is 13.2 Å². The number of thioether (sulfide) groups is 1. The lowest BCUT2D eigenvalue weighted by molar-refractivity contribution is 0.318. The van der Waals surface area contributed by atoms with Crippen molar-refractivity contribution < 1.29 is 4.74 Å². The molecule has 0 radical (unpaired) electrons. The Hall–Kier alpha value is -1.60. The standard InChI is InChI=1S/C13H19N5OS/c1-14-8-9-18-13(15-16-17-18)20-11-5-10-19-12-6-3-2-4-7-12/h2-4,6-7,14H,5,8-11H2,1H3. The van der Waals surface area contributed by atoms with Crippen LogP contribution in [0.1, 0.15) is 6.42 Å². The molecule has 0 aliphatic carbocycles. The molecule has 20 heavy (non-hydrogen) atoms. The van der Waals surface area contributed by atoms with Crippen molar-refractivity contribution in [2.75, 3.05) is 26.0 Å². The number of likely N-dealkylation sites (N-methyl/N-ethyl adjacent to an activating group) is 1. The van der Waals surface area contributed by atoms with Crippen molar-refractivity contribution in [3.05, 3.63) is 30.3 Å². The molecule has 7 heteroatoms. The lowest BCUT2D eigenvalue weighted by Gasteiger charge is -2.06. The molecule has 0 spiro atoms. The molecule has 6 nitrogen and oxygen atoms in total. The Morgan fingerprint density at radius 2 is 2.15 bits per heavy atom. The Kier molecular flexibility index (Phi) is 6.33. The van der Waals surface area contributed by atoms with E-state index in [9.17, 15) is 0 Å². The lowest BCUT2D eigenvalue weighted by Crippen LogP contribution is -2.16. The first-order valence-corrected chi connectivity index (χ1v) is 7.60. The molecular formula is C13H19N5OS. The summed E-state index contributed by atoms with van der Waals surface area (Å²) in [6.07, 6.45) is 0.957. The Morgan fingerprint density at radius 1 is 1.30 bits per heavy atom. The summed E-state index contributed by atoms with van der Waals surface area (Å²) in [5.74, 6) is 1.85. The van der Waals surface area contributed by atoms with Crippen molar-refractivity contribution in [3.8, 4) is 5.75 Å². The second kappa shape index (κ2) is 8.55. The highest BCUT2D eigenvalue weighted by Gasteiger charge is 2.05. The molecule has 0 aliphatic rings. The predicted octanol–water partition coefficient (Wildman–Crippen LogP) is 1.45. The van der Waals surface area contributed by atoms with Crippen LogP contribution in [0.5, 0.6) is 5.75 Å². The molecule has 0 unspecified atom stereocenters. The number of tetrazole rings is 1. The zero-order valence-corrected chi connectivity index (χ0v) is 12.3. The van der Waals surface area contributed by atoms with Gasteiger partial charge in [0.2, 0.25) is 5.16 Å². The molecular weight excluding hydrogens is 274 g/mol. The van der Waals surface area contributed by atoms with Crippen molar-refractivity contribution in [3.63, 3.8) is 0 Å². The number of nitrogens with zero attached hydrogens (tertiary/aromatic N) is 4. The van der Waals surface area contributed by atoms with Crippen molar-refractivity contribution in [2.45, 2.75) is 18.1 Å². The van der Waals surface area contributed by atoms with Crippen LogP contribution in [0.15, 0.2) is 35.5 Å². The van der Waals surface area contributed by atoms with E-state index < -0.39 is 0 Å². The van der Waals surface area contributed by atoms with Crippen molar-refractivity contribution in [1.29, 1.82) is 0 Å². The zero-order valence-electron chi connectivity index (χ0n) is 11.5. The molecule has 0 atom stereocenters. The largest absolute Gasteiger partial charge is 0.494 e. The summed E-state index contributed by atoms with van der Waals surface area (Å²) in [5.41, 5.74) is 0. The molecule has 0 amide bonds. The second-order valence-corrected chi connectivity index (χ2v) is 5.21. The lowest BCUT2D eigenvalue weighted by atomic mass is 10.3. The summed E-state index contributed by atoms with van der Waals surface area (Å²) in [5, 5.41) is 15.6. The molecule has 0 aliphatic heterocycles. The number of hydrogen-bond acceptors (Lipinski definition) is 6. The van der Waals surface area contributed by atoms with Crippen LogP contribution in [-0.2, 0) is 6.54 Å². The molecule has 1 aromatic heterocycles. The van der Waals surface area contributed by atoms with Gasteiger partial charge in [-0.25, -0.2) is 4.68 Å². The molecule has 0 fully saturated rings. The van der Waals surface area contributed by atoms with E-state index in [2.05, 4.69) is 20.8 Å². The fraction of sp³-hybridized carbons (Fsp3) is 0.462. The van der Waals surface area contributed by atoms with Gasteiger partial charge in [0.15, 0.2) is 0 Å². The Balaban J connectivity index is 1.65. The minimum Gasteiger partial charge on any atom is -0.494 e. The number of nitrogens with one attached hydrogen (secondary N) is 1. The van der Waals surface area contributed by atoms with Crippen molar-refractivity contribution in [2.24, 2.45) is 0 Å². The van der Waals surface area contributed by atoms with E-state index in [4.69, 9.17) is 4.74 Å². The first-order valence-electron chi connectivity index (χ1n) is 6.61. The van der Waals surface area contributed by atoms with Crippen LogP contribution in [0.3, 0.4) is 0 Å². The first-order chi connectivity index (χ1) is 9.90. The maximum Gasteiger partial charge on any atom is 0.209 e. The average molecular weight is 293 g/mol. The van der Waals surface area contributed by atoms with Crippen LogP contribution >= 0.6 is 11.8 Å². The van der Waals surface area contributed by atoms with Gasteiger partial charge >= 0.3 is 0 Å². The number of para-hydroxylation sites is 1. The third kappa shape index (κ3) is 4.82.